The third kappa shape index (κ3) is 3.98. The number of hydrogen-bond acceptors (Lipinski definition) is 3. The number of benzene rings is 1. The molecule has 0 radical (unpaired) electrons. The summed E-state index contributed by atoms with van der Waals surface area (Å²) in [5, 5.41) is 2.32. The maximum Gasteiger partial charge on any atom is 0.228 e. The fourth-order valence-corrected chi connectivity index (χ4v) is 3.20. The molecule has 0 aliphatic carbocycles. The molecule has 1 saturated heterocycles. The van der Waals surface area contributed by atoms with Gasteiger partial charge in [0.15, 0.2) is 0 Å². The molecule has 1 atom stereocenters. The molecule has 0 bridgehead atoms. The highest BCUT2D eigenvalue weighted by Gasteiger charge is 2.30. The Labute approximate surface area is 122 Å². The Morgan fingerprint density at radius 3 is 2.76 bits per heavy atom. The third-order valence-corrected chi connectivity index (χ3v) is 4.68. The van der Waals surface area contributed by atoms with E-state index in [-0.39, 0.29) is 12.2 Å². The quantitative estimate of drug-likeness (QED) is 0.920. The minimum Gasteiger partial charge on any atom is -0.323 e. The third-order valence-electron chi connectivity index (χ3n) is 3.41. The van der Waals surface area contributed by atoms with Crippen LogP contribution in [-0.2, 0) is 14.8 Å². The Hall–Kier alpha value is -1.54. The van der Waals surface area contributed by atoms with Crippen LogP contribution in [0.1, 0.15) is 12.8 Å². The molecule has 0 aromatic heterocycles. The number of halogens is 2. The van der Waals surface area contributed by atoms with E-state index in [1.54, 1.807) is 0 Å². The van der Waals surface area contributed by atoms with E-state index < -0.39 is 33.5 Å². The number of nitrogens with zero attached hydrogens (tertiary/aromatic N) is 1. The molecule has 116 valence electrons. The summed E-state index contributed by atoms with van der Waals surface area (Å²) in [5.74, 6) is -2.47. The molecule has 2 rings (SSSR count). The number of sulfonamides is 1. The number of carbonyl (C=O) groups excluding carboxylic acids is 1. The highest BCUT2D eigenvalue weighted by Crippen LogP contribution is 2.22. The lowest BCUT2D eigenvalue weighted by molar-refractivity contribution is -0.120. The molecular weight excluding hydrogens is 302 g/mol. The highest BCUT2D eigenvalue weighted by molar-refractivity contribution is 7.88. The van der Waals surface area contributed by atoms with Crippen molar-refractivity contribution in [3.63, 3.8) is 0 Å². The van der Waals surface area contributed by atoms with Gasteiger partial charge in [0, 0.05) is 19.2 Å². The number of hydrogen-bond donors (Lipinski definition) is 1. The molecule has 0 saturated carbocycles. The van der Waals surface area contributed by atoms with E-state index in [9.17, 15) is 22.0 Å². The summed E-state index contributed by atoms with van der Waals surface area (Å²) >= 11 is 0. The molecule has 1 fully saturated rings. The second-order valence-corrected chi connectivity index (χ2v) is 7.06. The first-order chi connectivity index (χ1) is 9.77. The fraction of sp³-hybridized carbons (Fsp3) is 0.462. The number of amides is 1. The smallest absolute Gasteiger partial charge is 0.228 e. The Bertz CT molecular complexity index is 649. The zero-order valence-electron chi connectivity index (χ0n) is 11.5. The summed E-state index contributed by atoms with van der Waals surface area (Å²) in [6.07, 6.45) is 2.14. The lowest BCUT2D eigenvalue weighted by Crippen LogP contribution is -2.43. The highest BCUT2D eigenvalue weighted by atomic mass is 32.2. The van der Waals surface area contributed by atoms with Crippen LogP contribution in [0, 0.1) is 17.6 Å². The van der Waals surface area contributed by atoms with Gasteiger partial charge in [0.2, 0.25) is 15.9 Å². The lowest BCUT2D eigenvalue weighted by Gasteiger charge is -2.30. The van der Waals surface area contributed by atoms with Crippen molar-refractivity contribution in [3.8, 4) is 0 Å². The van der Waals surface area contributed by atoms with Gasteiger partial charge in [0.25, 0.3) is 0 Å². The summed E-state index contributed by atoms with van der Waals surface area (Å²) < 4.78 is 50.7. The van der Waals surface area contributed by atoms with Crippen molar-refractivity contribution in [1.29, 1.82) is 0 Å². The van der Waals surface area contributed by atoms with Crippen molar-refractivity contribution in [3.05, 3.63) is 29.8 Å². The monoisotopic (exact) mass is 318 g/mol. The number of rotatable bonds is 3. The Kier molecular flexibility index (Phi) is 4.58. The topological polar surface area (TPSA) is 66.5 Å². The first-order valence-electron chi connectivity index (χ1n) is 6.48. The zero-order chi connectivity index (χ0) is 15.6. The van der Waals surface area contributed by atoms with Crippen molar-refractivity contribution < 1.29 is 22.0 Å². The molecule has 21 heavy (non-hydrogen) atoms. The Morgan fingerprint density at radius 1 is 1.38 bits per heavy atom. The maximum absolute atomic E-state index is 13.5. The van der Waals surface area contributed by atoms with Crippen molar-refractivity contribution in [1.82, 2.24) is 4.31 Å². The number of carbonyl (C=O) groups is 1. The standard InChI is InChI=1S/C13H16F2N2O3S/c1-21(19,20)17-6-2-3-9(8-17)13(18)16-12-7-10(14)4-5-11(12)15/h4-5,7,9H,2-3,6,8H2,1H3,(H,16,18)/t9-/m0/s1. The average Bonchev–Trinajstić information content (AvgIpc) is 2.42. The molecule has 0 spiro atoms. The normalized spacial score (nSPS) is 20.2. The van der Waals surface area contributed by atoms with Crippen LogP contribution in [0.2, 0.25) is 0 Å². The van der Waals surface area contributed by atoms with Gasteiger partial charge in [-0.1, -0.05) is 0 Å². The summed E-state index contributed by atoms with van der Waals surface area (Å²) in [4.78, 5) is 12.1. The fourth-order valence-electron chi connectivity index (χ4n) is 2.29. The predicted octanol–water partition coefficient (Wildman–Crippen LogP) is 1.57. The first-order valence-corrected chi connectivity index (χ1v) is 8.33. The van der Waals surface area contributed by atoms with Gasteiger partial charge in [-0.25, -0.2) is 21.5 Å². The van der Waals surface area contributed by atoms with Crippen LogP contribution < -0.4 is 5.32 Å². The largest absolute Gasteiger partial charge is 0.323 e. The molecule has 1 amide bonds. The van der Waals surface area contributed by atoms with Crippen LogP contribution in [0.3, 0.4) is 0 Å². The van der Waals surface area contributed by atoms with Crippen LogP contribution in [0.4, 0.5) is 14.5 Å². The van der Waals surface area contributed by atoms with Crippen LogP contribution in [-0.4, -0.2) is 38.0 Å². The lowest BCUT2D eigenvalue weighted by atomic mass is 9.98. The molecule has 0 unspecified atom stereocenters. The van der Waals surface area contributed by atoms with Gasteiger partial charge < -0.3 is 5.32 Å². The van der Waals surface area contributed by atoms with E-state index in [1.807, 2.05) is 0 Å². The van der Waals surface area contributed by atoms with Gasteiger partial charge >= 0.3 is 0 Å². The van der Waals surface area contributed by atoms with Gasteiger partial charge in [0.1, 0.15) is 11.6 Å². The molecule has 1 aromatic carbocycles. The predicted molar refractivity (Wildman–Crippen MR) is 74.1 cm³/mol. The van der Waals surface area contributed by atoms with Crippen molar-refractivity contribution in [2.45, 2.75) is 12.8 Å². The Morgan fingerprint density at radius 2 is 2.10 bits per heavy atom. The molecule has 1 aromatic rings. The van der Waals surface area contributed by atoms with Gasteiger partial charge in [-0.15, -0.1) is 0 Å². The second kappa shape index (κ2) is 6.07. The van der Waals surface area contributed by atoms with Gasteiger partial charge in [-0.3, -0.25) is 4.79 Å². The molecular formula is C13H16F2N2O3S. The minimum atomic E-state index is -3.36. The molecule has 1 aliphatic heterocycles. The van der Waals surface area contributed by atoms with E-state index in [2.05, 4.69) is 5.32 Å². The first kappa shape index (κ1) is 15.8. The summed E-state index contributed by atoms with van der Waals surface area (Å²) in [6, 6.07) is 2.77. The van der Waals surface area contributed by atoms with Crippen molar-refractivity contribution in [2.24, 2.45) is 5.92 Å². The van der Waals surface area contributed by atoms with Gasteiger partial charge in [-0.2, -0.15) is 0 Å². The number of anilines is 1. The van der Waals surface area contributed by atoms with Gasteiger partial charge in [0.05, 0.1) is 17.9 Å². The SMILES string of the molecule is CS(=O)(=O)N1CCC[C@H](C(=O)Nc2cc(F)ccc2F)C1. The van der Waals surface area contributed by atoms with Crippen LogP contribution >= 0.6 is 0 Å². The van der Waals surface area contributed by atoms with Crippen molar-refractivity contribution >= 4 is 21.6 Å². The van der Waals surface area contributed by atoms with Crippen LogP contribution in [0.15, 0.2) is 18.2 Å². The van der Waals surface area contributed by atoms with E-state index in [0.717, 1.165) is 24.5 Å². The average molecular weight is 318 g/mol. The maximum atomic E-state index is 13.5. The van der Waals surface area contributed by atoms with E-state index in [4.69, 9.17) is 0 Å². The Balaban J connectivity index is 2.08. The summed E-state index contributed by atoms with van der Waals surface area (Å²) in [5.41, 5.74) is -0.239. The van der Waals surface area contributed by atoms with E-state index in [0.29, 0.717) is 19.4 Å². The molecule has 1 N–H and O–H groups in total. The van der Waals surface area contributed by atoms with E-state index >= 15 is 0 Å². The molecule has 1 aliphatic rings. The minimum absolute atomic E-state index is 0.0571. The number of nitrogens with one attached hydrogen (secondary N) is 1. The van der Waals surface area contributed by atoms with Crippen molar-refractivity contribution in [2.75, 3.05) is 24.7 Å². The molecule has 1 heterocycles. The molecule has 8 heteroatoms. The second-order valence-electron chi connectivity index (χ2n) is 5.07. The molecule has 5 nitrogen and oxygen atoms in total. The van der Waals surface area contributed by atoms with Crippen LogP contribution in [0.25, 0.3) is 0 Å². The van der Waals surface area contributed by atoms with E-state index in [1.165, 1.54) is 4.31 Å². The van der Waals surface area contributed by atoms with Crippen LogP contribution in [0.5, 0.6) is 0 Å². The number of piperidine rings is 1. The summed E-state index contributed by atoms with van der Waals surface area (Å²) in [6.45, 7) is 0.429. The van der Waals surface area contributed by atoms with Gasteiger partial charge in [-0.05, 0) is 25.0 Å². The summed E-state index contributed by atoms with van der Waals surface area (Å²) in [7, 11) is -3.36. The zero-order valence-corrected chi connectivity index (χ0v) is 12.3.